The van der Waals surface area contributed by atoms with Crippen LogP contribution in [0.2, 0.25) is 0 Å². The lowest BCUT2D eigenvalue weighted by Crippen LogP contribution is -2.30. The third-order valence-electron chi connectivity index (χ3n) is 9.46. The highest BCUT2D eigenvalue weighted by Gasteiger charge is 2.19. The Morgan fingerprint density at radius 2 is 0.706 bits per heavy atom. The molecule has 0 aromatic rings. The van der Waals surface area contributed by atoms with Crippen LogP contribution in [-0.4, -0.2) is 37.2 Å². The lowest BCUT2D eigenvalue weighted by atomic mass is 10.1. The van der Waals surface area contributed by atoms with Gasteiger partial charge < -0.3 is 14.2 Å². The summed E-state index contributed by atoms with van der Waals surface area (Å²) in [5, 5.41) is 0. The fourth-order valence-corrected chi connectivity index (χ4v) is 6.12. The molecule has 0 rings (SSSR count). The zero-order chi connectivity index (χ0) is 37.3. The number of rotatable bonds is 39. The van der Waals surface area contributed by atoms with E-state index in [1.807, 2.05) is 0 Å². The summed E-state index contributed by atoms with van der Waals surface area (Å²) in [6.45, 7) is 6.51. The van der Waals surface area contributed by atoms with Crippen molar-refractivity contribution in [2.45, 2.75) is 232 Å². The number of unbranched alkanes of at least 4 members (excludes halogenated alkanes) is 24. The van der Waals surface area contributed by atoms with Crippen LogP contribution in [0.1, 0.15) is 226 Å². The molecule has 1 atom stereocenters. The fraction of sp³-hybridized carbons (Fsp3) is 0.844. The van der Waals surface area contributed by atoms with Gasteiger partial charge in [-0.1, -0.05) is 180 Å². The SMILES string of the molecule is CCCCC/C=C\C/C=C\CCCCCCCCCC(=O)OCC(COC(=O)CCCCCCC)OC(=O)CCCCCCCCCCCCC. The predicted molar refractivity (Wildman–Crippen MR) is 215 cm³/mol. The average molecular weight is 719 g/mol. The van der Waals surface area contributed by atoms with Crippen LogP contribution in [0, 0.1) is 0 Å². The van der Waals surface area contributed by atoms with Gasteiger partial charge in [0, 0.05) is 19.3 Å². The Hall–Kier alpha value is -2.11. The van der Waals surface area contributed by atoms with Crippen LogP contribution >= 0.6 is 0 Å². The Balaban J connectivity index is 4.21. The van der Waals surface area contributed by atoms with E-state index >= 15 is 0 Å². The van der Waals surface area contributed by atoms with E-state index in [-0.39, 0.29) is 31.1 Å². The second-order valence-electron chi connectivity index (χ2n) is 14.6. The Morgan fingerprint density at radius 3 is 1.12 bits per heavy atom. The third kappa shape index (κ3) is 38.9. The maximum absolute atomic E-state index is 12.6. The average Bonchev–Trinajstić information content (AvgIpc) is 3.12. The van der Waals surface area contributed by atoms with E-state index in [1.54, 1.807) is 0 Å². The highest BCUT2D eigenvalue weighted by Crippen LogP contribution is 2.14. The number of hydrogen-bond acceptors (Lipinski definition) is 6. The van der Waals surface area contributed by atoms with E-state index in [9.17, 15) is 14.4 Å². The van der Waals surface area contributed by atoms with Crippen LogP contribution in [0.15, 0.2) is 24.3 Å². The molecule has 6 heteroatoms. The lowest BCUT2D eigenvalue weighted by molar-refractivity contribution is -0.167. The van der Waals surface area contributed by atoms with Crippen molar-refractivity contribution in [1.29, 1.82) is 0 Å². The summed E-state index contributed by atoms with van der Waals surface area (Å²) < 4.78 is 16.6. The summed E-state index contributed by atoms with van der Waals surface area (Å²) in [4.78, 5) is 37.4. The van der Waals surface area contributed by atoms with Gasteiger partial charge in [-0.15, -0.1) is 0 Å². The second kappa shape index (κ2) is 40.7. The summed E-state index contributed by atoms with van der Waals surface area (Å²) in [7, 11) is 0. The molecule has 51 heavy (non-hydrogen) atoms. The summed E-state index contributed by atoms with van der Waals surface area (Å²) in [5.41, 5.74) is 0. The zero-order valence-electron chi connectivity index (χ0n) is 33.9. The Morgan fingerprint density at radius 1 is 0.392 bits per heavy atom. The Labute approximate surface area is 315 Å². The van der Waals surface area contributed by atoms with Crippen LogP contribution in [0.4, 0.5) is 0 Å². The van der Waals surface area contributed by atoms with E-state index in [2.05, 4.69) is 45.1 Å². The van der Waals surface area contributed by atoms with Crippen LogP contribution in [0.25, 0.3) is 0 Å². The van der Waals surface area contributed by atoms with Gasteiger partial charge in [-0.3, -0.25) is 14.4 Å². The molecule has 0 amide bonds. The minimum atomic E-state index is -0.764. The Bertz CT molecular complexity index is 835. The standard InChI is InChI=1S/C45H82O6/c1-4-7-10-13-15-17-19-20-21-22-23-24-26-27-29-32-35-38-44(47)50-41-42(40-49-43(46)37-34-31-12-9-6-3)51-45(48)39-36-33-30-28-25-18-16-14-11-8-5-2/h15,17,20-21,42H,4-14,16,18-19,22-41H2,1-3H3/b17-15-,21-20-. The molecule has 0 radical (unpaired) electrons. The first-order valence-corrected chi connectivity index (χ1v) is 21.8. The van der Waals surface area contributed by atoms with Gasteiger partial charge in [0.1, 0.15) is 13.2 Å². The summed E-state index contributed by atoms with van der Waals surface area (Å²) >= 11 is 0. The molecule has 0 aliphatic carbocycles. The van der Waals surface area contributed by atoms with Crippen molar-refractivity contribution in [2.75, 3.05) is 13.2 Å². The molecule has 0 fully saturated rings. The van der Waals surface area contributed by atoms with Crippen molar-refractivity contribution in [3.63, 3.8) is 0 Å². The third-order valence-corrected chi connectivity index (χ3v) is 9.46. The first-order chi connectivity index (χ1) is 25.0. The van der Waals surface area contributed by atoms with Gasteiger partial charge in [0.25, 0.3) is 0 Å². The van der Waals surface area contributed by atoms with Crippen molar-refractivity contribution in [2.24, 2.45) is 0 Å². The second-order valence-corrected chi connectivity index (χ2v) is 14.6. The molecule has 0 aliphatic rings. The van der Waals surface area contributed by atoms with Crippen molar-refractivity contribution in [1.82, 2.24) is 0 Å². The van der Waals surface area contributed by atoms with Crippen LogP contribution < -0.4 is 0 Å². The molecule has 0 aliphatic heterocycles. The van der Waals surface area contributed by atoms with E-state index < -0.39 is 6.10 Å². The number of hydrogen-bond donors (Lipinski definition) is 0. The first kappa shape index (κ1) is 48.9. The van der Waals surface area contributed by atoms with Gasteiger partial charge in [-0.25, -0.2) is 0 Å². The molecule has 0 aromatic carbocycles. The fourth-order valence-electron chi connectivity index (χ4n) is 6.12. The molecule has 0 bridgehead atoms. The van der Waals surface area contributed by atoms with E-state index in [0.717, 1.165) is 77.0 Å². The molecule has 0 N–H and O–H groups in total. The first-order valence-electron chi connectivity index (χ1n) is 21.8. The topological polar surface area (TPSA) is 78.9 Å². The van der Waals surface area contributed by atoms with E-state index in [4.69, 9.17) is 14.2 Å². The maximum atomic E-state index is 12.6. The monoisotopic (exact) mass is 719 g/mol. The maximum Gasteiger partial charge on any atom is 0.306 e. The summed E-state index contributed by atoms with van der Waals surface area (Å²) in [6, 6.07) is 0. The van der Waals surface area contributed by atoms with Gasteiger partial charge in [0.2, 0.25) is 0 Å². The number of ether oxygens (including phenoxy) is 3. The van der Waals surface area contributed by atoms with Gasteiger partial charge in [-0.05, 0) is 51.4 Å². The minimum Gasteiger partial charge on any atom is -0.462 e. The molecule has 0 spiro atoms. The summed E-state index contributed by atoms with van der Waals surface area (Å²) in [5.74, 6) is -0.892. The van der Waals surface area contributed by atoms with E-state index in [1.165, 1.54) is 109 Å². The van der Waals surface area contributed by atoms with Gasteiger partial charge >= 0.3 is 17.9 Å². The van der Waals surface area contributed by atoms with Crippen LogP contribution in [0.3, 0.4) is 0 Å². The zero-order valence-corrected chi connectivity index (χ0v) is 33.9. The van der Waals surface area contributed by atoms with Crippen molar-refractivity contribution in [3.05, 3.63) is 24.3 Å². The molecular formula is C45H82O6. The number of carbonyl (C=O) groups excluding carboxylic acids is 3. The smallest absolute Gasteiger partial charge is 0.306 e. The molecule has 0 saturated carbocycles. The van der Waals surface area contributed by atoms with Crippen LogP contribution in [0.5, 0.6) is 0 Å². The Kier molecular flexibility index (Phi) is 39.0. The summed E-state index contributed by atoms with van der Waals surface area (Å²) in [6.07, 6.45) is 43.3. The van der Waals surface area contributed by atoms with Crippen molar-refractivity contribution in [3.8, 4) is 0 Å². The largest absolute Gasteiger partial charge is 0.462 e. The van der Waals surface area contributed by atoms with Gasteiger partial charge in [-0.2, -0.15) is 0 Å². The normalized spacial score (nSPS) is 12.1. The highest BCUT2D eigenvalue weighted by atomic mass is 16.6. The quantitative estimate of drug-likeness (QED) is 0.0272. The predicted octanol–water partition coefficient (Wildman–Crippen LogP) is 13.6. The highest BCUT2D eigenvalue weighted by molar-refractivity contribution is 5.71. The molecule has 0 aromatic heterocycles. The van der Waals surface area contributed by atoms with Gasteiger partial charge in [0.05, 0.1) is 0 Å². The molecule has 1 unspecified atom stereocenters. The number of allylic oxidation sites excluding steroid dienone is 4. The van der Waals surface area contributed by atoms with Crippen LogP contribution in [-0.2, 0) is 28.6 Å². The van der Waals surface area contributed by atoms with Crippen molar-refractivity contribution >= 4 is 17.9 Å². The number of carbonyl (C=O) groups is 3. The molecule has 6 nitrogen and oxygen atoms in total. The molecule has 0 heterocycles. The van der Waals surface area contributed by atoms with Gasteiger partial charge in [0.15, 0.2) is 6.10 Å². The molecular weight excluding hydrogens is 636 g/mol. The lowest BCUT2D eigenvalue weighted by Gasteiger charge is -2.18. The number of esters is 3. The van der Waals surface area contributed by atoms with Crippen molar-refractivity contribution < 1.29 is 28.6 Å². The minimum absolute atomic E-state index is 0.0724. The molecule has 298 valence electrons. The van der Waals surface area contributed by atoms with E-state index in [0.29, 0.717) is 19.3 Å². The molecule has 0 saturated heterocycles.